The molecule has 0 radical (unpaired) electrons. The predicted octanol–water partition coefficient (Wildman–Crippen LogP) is 2.82. The second kappa shape index (κ2) is 6.12. The van der Waals surface area contributed by atoms with Crippen molar-refractivity contribution >= 4 is 23.0 Å². The number of likely N-dealkylation sites (tertiary alicyclic amines) is 1. The number of rotatable bonds is 4. The average Bonchev–Trinajstić information content (AvgIpc) is 2.33. The lowest BCUT2D eigenvalue weighted by atomic mass is 10.1. The third-order valence-corrected chi connectivity index (χ3v) is 3.44. The van der Waals surface area contributed by atoms with Crippen LogP contribution in [0.1, 0.15) is 19.3 Å². The molecule has 4 heteroatoms. The molecule has 17 heavy (non-hydrogen) atoms. The minimum absolute atomic E-state index is 0.684. The third kappa shape index (κ3) is 3.79. The van der Waals surface area contributed by atoms with E-state index in [1.165, 1.54) is 32.4 Å². The van der Waals surface area contributed by atoms with Gasteiger partial charge in [0.25, 0.3) is 0 Å². The van der Waals surface area contributed by atoms with Gasteiger partial charge >= 0.3 is 0 Å². The Labute approximate surface area is 108 Å². The third-order valence-electron chi connectivity index (χ3n) is 3.21. The highest BCUT2D eigenvalue weighted by Crippen LogP contribution is 2.22. The standard InChI is InChI=1S/C13H20ClN3/c14-11-4-5-13(12(15)10-11)16-6-9-17-7-2-1-3-8-17/h4-5,10,16H,1-3,6-9,15H2. The monoisotopic (exact) mass is 253 g/mol. The number of nitrogen functional groups attached to an aromatic ring is 1. The van der Waals surface area contributed by atoms with Crippen LogP contribution in [0, 0.1) is 0 Å². The Kier molecular flexibility index (Phi) is 4.51. The SMILES string of the molecule is Nc1cc(Cl)ccc1NCCN1CCCCC1. The Hall–Kier alpha value is -0.930. The van der Waals surface area contributed by atoms with E-state index >= 15 is 0 Å². The van der Waals surface area contributed by atoms with Gasteiger partial charge in [0.05, 0.1) is 11.4 Å². The summed E-state index contributed by atoms with van der Waals surface area (Å²) in [5.74, 6) is 0. The Morgan fingerprint density at radius 2 is 2.00 bits per heavy atom. The van der Waals surface area contributed by atoms with Crippen LogP contribution in [0.15, 0.2) is 18.2 Å². The first-order valence-corrected chi connectivity index (χ1v) is 6.65. The molecule has 0 aliphatic carbocycles. The van der Waals surface area contributed by atoms with E-state index in [9.17, 15) is 0 Å². The van der Waals surface area contributed by atoms with Crippen LogP contribution in [-0.2, 0) is 0 Å². The second-order valence-electron chi connectivity index (χ2n) is 4.56. The number of benzene rings is 1. The molecule has 94 valence electrons. The van der Waals surface area contributed by atoms with E-state index in [4.69, 9.17) is 17.3 Å². The van der Waals surface area contributed by atoms with Gasteiger partial charge in [0.2, 0.25) is 0 Å². The smallest absolute Gasteiger partial charge is 0.0575 e. The number of nitrogens with one attached hydrogen (secondary N) is 1. The Morgan fingerprint density at radius 1 is 1.24 bits per heavy atom. The van der Waals surface area contributed by atoms with E-state index in [-0.39, 0.29) is 0 Å². The molecule has 1 aromatic carbocycles. The van der Waals surface area contributed by atoms with Crippen LogP contribution in [0.3, 0.4) is 0 Å². The molecule has 0 saturated carbocycles. The highest BCUT2D eigenvalue weighted by molar-refractivity contribution is 6.31. The summed E-state index contributed by atoms with van der Waals surface area (Å²) in [5.41, 5.74) is 7.58. The number of hydrogen-bond donors (Lipinski definition) is 2. The van der Waals surface area contributed by atoms with Gasteiger partial charge in [-0.1, -0.05) is 18.0 Å². The normalized spacial score (nSPS) is 17.0. The maximum Gasteiger partial charge on any atom is 0.0575 e. The summed E-state index contributed by atoms with van der Waals surface area (Å²) in [4.78, 5) is 2.50. The lowest BCUT2D eigenvalue weighted by Gasteiger charge is -2.26. The second-order valence-corrected chi connectivity index (χ2v) is 5.00. The maximum atomic E-state index is 5.88. The average molecular weight is 254 g/mol. The first kappa shape index (κ1) is 12.5. The molecular weight excluding hydrogens is 234 g/mol. The molecule has 1 saturated heterocycles. The largest absolute Gasteiger partial charge is 0.397 e. The number of hydrogen-bond acceptors (Lipinski definition) is 3. The number of nitrogens with two attached hydrogens (primary N) is 1. The summed E-state index contributed by atoms with van der Waals surface area (Å²) >= 11 is 5.86. The first-order chi connectivity index (χ1) is 8.25. The van der Waals surface area contributed by atoms with Gasteiger partial charge < -0.3 is 16.0 Å². The van der Waals surface area contributed by atoms with Crippen molar-refractivity contribution in [3.63, 3.8) is 0 Å². The summed E-state index contributed by atoms with van der Waals surface area (Å²) < 4.78 is 0. The summed E-state index contributed by atoms with van der Waals surface area (Å²) in [5, 5.41) is 4.05. The summed E-state index contributed by atoms with van der Waals surface area (Å²) in [6.45, 7) is 4.49. The topological polar surface area (TPSA) is 41.3 Å². The van der Waals surface area contributed by atoms with Crippen LogP contribution in [0.4, 0.5) is 11.4 Å². The molecule has 1 heterocycles. The molecule has 3 nitrogen and oxygen atoms in total. The van der Waals surface area contributed by atoms with Gasteiger partial charge in [0, 0.05) is 18.1 Å². The van der Waals surface area contributed by atoms with E-state index in [0.717, 1.165) is 24.5 Å². The molecule has 1 aliphatic heterocycles. The van der Waals surface area contributed by atoms with Crippen LogP contribution in [0.2, 0.25) is 5.02 Å². The van der Waals surface area contributed by atoms with E-state index in [1.807, 2.05) is 12.1 Å². The van der Waals surface area contributed by atoms with Gasteiger partial charge in [-0.2, -0.15) is 0 Å². The summed E-state index contributed by atoms with van der Waals surface area (Å²) in [7, 11) is 0. The van der Waals surface area contributed by atoms with Crippen molar-refractivity contribution in [2.24, 2.45) is 0 Å². The van der Waals surface area contributed by atoms with Crippen LogP contribution in [0.25, 0.3) is 0 Å². The Bertz CT molecular complexity index is 362. The van der Waals surface area contributed by atoms with Gasteiger partial charge in [0.15, 0.2) is 0 Å². The molecule has 0 spiro atoms. The molecule has 0 bridgehead atoms. The molecule has 2 rings (SSSR count). The Balaban J connectivity index is 1.77. The van der Waals surface area contributed by atoms with Crippen LogP contribution < -0.4 is 11.1 Å². The fraction of sp³-hybridized carbons (Fsp3) is 0.538. The quantitative estimate of drug-likeness (QED) is 0.811. The predicted molar refractivity (Wildman–Crippen MR) is 74.6 cm³/mol. The van der Waals surface area contributed by atoms with Gasteiger partial charge in [-0.05, 0) is 44.1 Å². The molecule has 0 amide bonds. The molecule has 0 aromatic heterocycles. The van der Waals surface area contributed by atoms with Gasteiger partial charge in [0.1, 0.15) is 0 Å². The van der Waals surface area contributed by atoms with Crippen molar-refractivity contribution in [2.45, 2.75) is 19.3 Å². The van der Waals surface area contributed by atoms with Crippen molar-refractivity contribution < 1.29 is 0 Å². The molecule has 0 atom stereocenters. The van der Waals surface area contributed by atoms with E-state index in [2.05, 4.69) is 10.2 Å². The number of nitrogens with zero attached hydrogens (tertiary/aromatic N) is 1. The number of piperidine rings is 1. The van der Waals surface area contributed by atoms with Crippen molar-refractivity contribution in [3.8, 4) is 0 Å². The lowest BCUT2D eigenvalue weighted by Crippen LogP contribution is -2.33. The summed E-state index contributed by atoms with van der Waals surface area (Å²) in [6.07, 6.45) is 4.06. The van der Waals surface area contributed by atoms with Gasteiger partial charge in [-0.3, -0.25) is 0 Å². The van der Waals surface area contributed by atoms with Crippen LogP contribution in [0.5, 0.6) is 0 Å². The van der Waals surface area contributed by atoms with E-state index in [0.29, 0.717) is 5.02 Å². The van der Waals surface area contributed by atoms with Crippen molar-refractivity contribution in [1.29, 1.82) is 0 Å². The minimum Gasteiger partial charge on any atom is -0.397 e. The molecule has 1 fully saturated rings. The molecule has 0 unspecified atom stereocenters. The highest BCUT2D eigenvalue weighted by Gasteiger charge is 2.09. The zero-order chi connectivity index (χ0) is 12.1. The first-order valence-electron chi connectivity index (χ1n) is 6.27. The van der Waals surface area contributed by atoms with Crippen LogP contribution in [-0.4, -0.2) is 31.1 Å². The van der Waals surface area contributed by atoms with E-state index < -0.39 is 0 Å². The zero-order valence-electron chi connectivity index (χ0n) is 10.1. The highest BCUT2D eigenvalue weighted by atomic mass is 35.5. The van der Waals surface area contributed by atoms with Gasteiger partial charge in [-0.25, -0.2) is 0 Å². The molecular formula is C13H20ClN3. The van der Waals surface area contributed by atoms with Crippen molar-refractivity contribution in [2.75, 3.05) is 37.2 Å². The molecule has 3 N–H and O–H groups in total. The molecule has 1 aliphatic rings. The molecule has 1 aromatic rings. The van der Waals surface area contributed by atoms with Crippen molar-refractivity contribution in [1.82, 2.24) is 4.90 Å². The number of anilines is 2. The minimum atomic E-state index is 0.684. The van der Waals surface area contributed by atoms with Gasteiger partial charge in [-0.15, -0.1) is 0 Å². The fourth-order valence-corrected chi connectivity index (χ4v) is 2.41. The lowest BCUT2D eigenvalue weighted by molar-refractivity contribution is 0.237. The zero-order valence-corrected chi connectivity index (χ0v) is 10.8. The fourth-order valence-electron chi connectivity index (χ4n) is 2.23. The van der Waals surface area contributed by atoms with E-state index in [1.54, 1.807) is 6.07 Å². The van der Waals surface area contributed by atoms with Crippen LogP contribution >= 0.6 is 11.6 Å². The Morgan fingerprint density at radius 3 is 2.71 bits per heavy atom. The summed E-state index contributed by atoms with van der Waals surface area (Å²) in [6, 6.07) is 5.58. The maximum absolute atomic E-state index is 5.88. The van der Waals surface area contributed by atoms with Crippen molar-refractivity contribution in [3.05, 3.63) is 23.2 Å². The number of halogens is 1.